The molecule has 1 amide bonds. The minimum Gasteiger partial charge on any atom is -0.283 e. The number of hydrogen-bond donors (Lipinski definition) is 0. The quantitative estimate of drug-likeness (QED) is 0.689. The molecular weight excluding hydrogens is 220 g/mol. The Morgan fingerprint density at radius 2 is 2.06 bits per heavy atom. The SMILES string of the molecule is C[C@@H]1c2ccccc2N=C2S[C@H](C)C(=O)N21. The number of carbonyl (C=O) groups is 1. The maximum absolute atomic E-state index is 12.0. The van der Waals surface area contributed by atoms with Gasteiger partial charge in [0.1, 0.15) is 0 Å². The fourth-order valence-corrected chi connectivity index (χ4v) is 3.22. The van der Waals surface area contributed by atoms with E-state index >= 15 is 0 Å². The highest BCUT2D eigenvalue weighted by Gasteiger charge is 2.41. The average molecular weight is 232 g/mol. The molecule has 0 spiro atoms. The van der Waals surface area contributed by atoms with Crippen molar-refractivity contribution in [2.45, 2.75) is 25.1 Å². The van der Waals surface area contributed by atoms with Gasteiger partial charge in [0, 0.05) is 5.56 Å². The van der Waals surface area contributed by atoms with Gasteiger partial charge >= 0.3 is 0 Å². The van der Waals surface area contributed by atoms with Crippen molar-refractivity contribution in [3.8, 4) is 0 Å². The summed E-state index contributed by atoms with van der Waals surface area (Å²) in [5, 5.41) is 0.846. The lowest BCUT2D eigenvalue weighted by molar-refractivity contribution is -0.127. The highest BCUT2D eigenvalue weighted by Crippen LogP contribution is 2.42. The second-order valence-electron chi connectivity index (χ2n) is 4.10. The summed E-state index contributed by atoms with van der Waals surface area (Å²) in [4.78, 5) is 18.3. The van der Waals surface area contributed by atoms with Gasteiger partial charge in [-0.2, -0.15) is 0 Å². The van der Waals surface area contributed by atoms with E-state index in [4.69, 9.17) is 0 Å². The summed E-state index contributed by atoms with van der Waals surface area (Å²) in [5.74, 6) is 0.172. The zero-order chi connectivity index (χ0) is 11.3. The van der Waals surface area contributed by atoms with E-state index < -0.39 is 0 Å². The van der Waals surface area contributed by atoms with E-state index in [2.05, 4.69) is 11.9 Å². The maximum atomic E-state index is 12.0. The number of nitrogens with zero attached hydrogens (tertiary/aromatic N) is 2. The molecule has 0 unspecified atom stereocenters. The van der Waals surface area contributed by atoms with Crippen LogP contribution in [0.2, 0.25) is 0 Å². The Labute approximate surface area is 98.5 Å². The highest BCUT2D eigenvalue weighted by atomic mass is 32.2. The van der Waals surface area contributed by atoms with Crippen LogP contribution in [0.15, 0.2) is 29.3 Å². The van der Waals surface area contributed by atoms with Crippen molar-refractivity contribution < 1.29 is 4.79 Å². The van der Waals surface area contributed by atoms with Crippen LogP contribution in [0.3, 0.4) is 0 Å². The number of amidine groups is 1. The second-order valence-corrected chi connectivity index (χ2v) is 5.41. The highest BCUT2D eigenvalue weighted by molar-refractivity contribution is 8.15. The van der Waals surface area contributed by atoms with Crippen LogP contribution in [0.5, 0.6) is 0 Å². The Hall–Kier alpha value is -1.29. The van der Waals surface area contributed by atoms with Gasteiger partial charge in [-0.15, -0.1) is 0 Å². The molecule has 3 rings (SSSR count). The van der Waals surface area contributed by atoms with Gasteiger partial charge in [0.15, 0.2) is 5.17 Å². The molecule has 0 aromatic heterocycles. The molecule has 2 heterocycles. The number of benzene rings is 1. The van der Waals surface area contributed by atoms with Crippen LogP contribution in [0.4, 0.5) is 5.69 Å². The Kier molecular flexibility index (Phi) is 2.07. The predicted octanol–water partition coefficient (Wildman–Crippen LogP) is 2.71. The van der Waals surface area contributed by atoms with Crippen molar-refractivity contribution in [1.29, 1.82) is 0 Å². The lowest BCUT2D eigenvalue weighted by atomic mass is 10.0. The number of carbonyl (C=O) groups excluding carboxylic acids is 1. The summed E-state index contributed by atoms with van der Waals surface area (Å²) in [7, 11) is 0. The molecule has 2 aliphatic rings. The number of para-hydroxylation sites is 1. The number of rotatable bonds is 0. The average Bonchev–Trinajstić information content (AvgIpc) is 2.55. The zero-order valence-corrected chi connectivity index (χ0v) is 9.99. The molecule has 3 nitrogen and oxygen atoms in total. The van der Waals surface area contributed by atoms with Gasteiger partial charge in [0.25, 0.3) is 0 Å². The summed E-state index contributed by atoms with van der Waals surface area (Å²) in [5.41, 5.74) is 2.13. The number of hydrogen-bond acceptors (Lipinski definition) is 3. The molecule has 1 fully saturated rings. The first-order valence-electron chi connectivity index (χ1n) is 5.36. The van der Waals surface area contributed by atoms with E-state index in [1.54, 1.807) is 11.8 Å². The first-order valence-corrected chi connectivity index (χ1v) is 6.24. The van der Waals surface area contributed by atoms with Crippen molar-refractivity contribution in [3.63, 3.8) is 0 Å². The fraction of sp³-hybridized carbons (Fsp3) is 0.333. The van der Waals surface area contributed by atoms with E-state index in [1.165, 1.54) is 0 Å². The van der Waals surface area contributed by atoms with Crippen LogP contribution in [0, 0.1) is 0 Å². The van der Waals surface area contributed by atoms with Gasteiger partial charge < -0.3 is 0 Å². The van der Waals surface area contributed by atoms with Crippen LogP contribution in [-0.4, -0.2) is 21.2 Å². The third kappa shape index (κ3) is 1.23. The number of fused-ring (bicyclic) bond motifs is 2. The smallest absolute Gasteiger partial charge is 0.242 e. The van der Waals surface area contributed by atoms with E-state index in [0.29, 0.717) is 0 Å². The zero-order valence-electron chi connectivity index (χ0n) is 9.18. The monoisotopic (exact) mass is 232 g/mol. The van der Waals surface area contributed by atoms with Crippen LogP contribution < -0.4 is 0 Å². The topological polar surface area (TPSA) is 32.7 Å². The first-order chi connectivity index (χ1) is 7.68. The Morgan fingerprint density at radius 3 is 2.88 bits per heavy atom. The number of amides is 1. The normalized spacial score (nSPS) is 27.5. The van der Waals surface area contributed by atoms with Gasteiger partial charge in [0.05, 0.1) is 17.0 Å². The second kappa shape index (κ2) is 3.35. The summed E-state index contributed by atoms with van der Waals surface area (Å²) >= 11 is 1.55. The Bertz CT molecular complexity index is 498. The van der Waals surface area contributed by atoms with Crippen molar-refractivity contribution in [3.05, 3.63) is 29.8 Å². The molecule has 2 atom stereocenters. The lowest BCUT2D eigenvalue weighted by Crippen LogP contribution is -2.35. The number of thioether (sulfide) groups is 1. The molecule has 0 N–H and O–H groups in total. The summed E-state index contributed by atoms with van der Waals surface area (Å²) in [6.07, 6.45) is 0. The minimum absolute atomic E-state index is 0.00416. The molecule has 1 saturated heterocycles. The summed E-state index contributed by atoms with van der Waals surface area (Å²) in [6, 6.07) is 8.13. The lowest BCUT2D eigenvalue weighted by Gasteiger charge is -2.29. The summed E-state index contributed by atoms with van der Waals surface area (Å²) < 4.78 is 0. The predicted molar refractivity (Wildman–Crippen MR) is 65.9 cm³/mol. The molecule has 4 heteroatoms. The fourth-order valence-electron chi connectivity index (χ4n) is 2.18. The van der Waals surface area contributed by atoms with Crippen LogP contribution >= 0.6 is 11.8 Å². The molecule has 16 heavy (non-hydrogen) atoms. The van der Waals surface area contributed by atoms with Crippen LogP contribution in [0.1, 0.15) is 25.5 Å². The van der Waals surface area contributed by atoms with Gasteiger partial charge in [-0.25, -0.2) is 4.99 Å². The molecule has 1 aromatic carbocycles. The molecule has 0 saturated carbocycles. The molecule has 2 aliphatic heterocycles. The Balaban J connectivity index is 2.14. The van der Waals surface area contributed by atoms with Crippen LogP contribution in [0.25, 0.3) is 0 Å². The van der Waals surface area contributed by atoms with E-state index in [9.17, 15) is 4.79 Å². The Morgan fingerprint density at radius 1 is 1.31 bits per heavy atom. The van der Waals surface area contributed by atoms with E-state index in [1.807, 2.05) is 36.1 Å². The van der Waals surface area contributed by atoms with Crippen molar-refractivity contribution in [2.24, 2.45) is 4.99 Å². The van der Waals surface area contributed by atoms with Gasteiger partial charge in [-0.3, -0.25) is 9.69 Å². The van der Waals surface area contributed by atoms with Crippen molar-refractivity contribution in [1.82, 2.24) is 4.90 Å². The maximum Gasteiger partial charge on any atom is 0.242 e. The molecule has 0 bridgehead atoms. The van der Waals surface area contributed by atoms with Crippen molar-refractivity contribution in [2.75, 3.05) is 0 Å². The minimum atomic E-state index is -0.00416. The number of aliphatic imine (C=N–C) groups is 1. The van der Waals surface area contributed by atoms with Crippen molar-refractivity contribution >= 4 is 28.5 Å². The third-order valence-corrected chi connectivity index (χ3v) is 4.12. The van der Waals surface area contributed by atoms with Crippen LogP contribution in [-0.2, 0) is 4.79 Å². The molecule has 0 radical (unpaired) electrons. The molecule has 1 aromatic rings. The molecular formula is C12H12N2OS. The summed E-state index contributed by atoms with van der Waals surface area (Å²) in [6.45, 7) is 4.00. The molecule has 0 aliphatic carbocycles. The third-order valence-electron chi connectivity index (χ3n) is 3.06. The van der Waals surface area contributed by atoms with Gasteiger partial charge in [-0.05, 0) is 19.9 Å². The first kappa shape index (κ1) is 9.90. The van der Waals surface area contributed by atoms with Gasteiger partial charge in [-0.1, -0.05) is 30.0 Å². The van der Waals surface area contributed by atoms with Gasteiger partial charge in [0.2, 0.25) is 5.91 Å². The largest absolute Gasteiger partial charge is 0.283 e. The standard InChI is InChI=1S/C12H12N2OS/c1-7-9-5-3-4-6-10(9)13-12-14(7)11(15)8(2)16-12/h3-8H,1-2H3/t7-,8-/m1/s1. The van der Waals surface area contributed by atoms with E-state index in [-0.39, 0.29) is 17.2 Å². The molecule has 82 valence electrons. The van der Waals surface area contributed by atoms with E-state index in [0.717, 1.165) is 16.4 Å².